The highest BCUT2D eigenvalue weighted by molar-refractivity contribution is 5.83. The monoisotopic (exact) mass is 213 g/mol. The summed E-state index contributed by atoms with van der Waals surface area (Å²) in [5.74, 6) is -2.36. The number of alkyl halides is 3. The van der Waals surface area contributed by atoms with E-state index in [1.54, 1.807) is 0 Å². The van der Waals surface area contributed by atoms with Crippen LogP contribution >= 0.6 is 0 Å². The third kappa shape index (κ3) is 4.68. The normalized spacial score (nSPS) is 14.9. The molecule has 0 aromatic heterocycles. The summed E-state index contributed by atoms with van der Waals surface area (Å²) in [5.41, 5.74) is 0. The van der Waals surface area contributed by atoms with Gasteiger partial charge in [-0.15, -0.1) is 0 Å². The topological polar surface area (TPSA) is 66.4 Å². The summed E-state index contributed by atoms with van der Waals surface area (Å²) >= 11 is 0. The number of rotatable bonds is 5. The van der Waals surface area contributed by atoms with Crippen LogP contribution in [0.2, 0.25) is 0 Å². The van der Waals surface area contributed by atoms with Gasteiger partial charge >= 0.3 is 5.97 Å². The van der Waals surface area contributed by atoms with E-state index in [0.29, 0.717) is 0 Å². The molecule has 0 saturated carbocycles. The Labute approximate surface area is 78.1 Å². The molecule has 0 radical (unpaired) electrons. The van der Waals surface area contributed by atoms with E-state index in [-0.39, 0.29) is 0 Å². The van der Waals surface area contributed by atoms with Crippen LogP contribution in [-0.4, -0.2) is 35.6 Å². The quantitative estimate of drug-likeness (QED) is 0.701. The molecule has 0 spiro atoms. The second-order valence-electron chi connectivity index (χ2n) is 2.68. The highest BCUT2D eigenvalue weighted by Gasteiger charge is 2.24. The van der Waals surface area contributed by atoms with Gasteiger partial charge in [0.2, 0.25) is 5.91 Å². The maximum absolute atomic E-state index is 12.3. The predicted molar refractivity (Wildman–Crippen MR) is 40.8 cm³/mol. The fourth-order valence-corrected chi connectivity index (χ4v) is 0.628. The Morgan fingerprint density at radius 1 is 1.36 bits per heavy atom. The molecule has 0 aromatic carbocycles. The Kier molecular flexibility index (Phi) is 4.96. The molecule has 2 unspecified atom stereocenters. The summed E-state index contributed by atoms with van der Waals surface area (Å²) in [6.07, 6.45) is -6.83. The first-order valence-electron chi connectivity index (χ1n) is 3.79. The largest absolute Gasteiger partial charge is 0.480 e. The third-order valence-electron chi connectivity index (χ3n) is 1.40. The van der Waals surface area contributed by atoms with Gasteiger partial charge in [0.25, 0.3) is 6.43 Å². The number of carbonyl (C=O) groups excluding carboxylic acids is 1. The second kappa shape index (κ2) is 5.46. The molecule has 14 heavy (non-hydrogen) atoms. The van der Waals surface area contributed by atoms with Crippen LogP contribution in [0.15, 0.2) is 0 Å². The molecule has 0 aliphatic heterocycles. The van der Waals surface area contributed by atoms with Crippen molar-refractivity contribution in [1.82, 2.24) is 5.32 Å². The van der Waals surface area contributed by atoms with E-state index in [9.17, 15) is 22.8 Å². The van der Waals surface area contributed by atoms with E-state index < -0.39 is 36.9 Å². The molecule has 0 aromatic rings. The summed E-state index contributed by atoms with van der Waals surface area (Å²) in [5, 5.41) is 10.2. The number of amides is 1. The van der Waals surface area contributed by atoms with Crippen molar-refractivity contribution in [3.63, 3.8) is 0 Å². The van der Waals surface area contributed by atoms with Crippen LogP contribution < -0.4 is 5.32 Å². The zero-order valence-corrected chi connectivity index (χ0v) is 7.34. The first-order valence-corrected chi connectivity index (χ1v) is 3.79. The van der Waals surface area contributed by atoms with E-state index in [1.807, 2.05) is 5.32 Å². The molecule has 0 heterocycles. The molecule has 0 saturated heterocycles. The highest BCUT2D eigenvalue weighted by atomic mass is 19.3. The number of aliphatic carboxylic acids is 1. The lowest BCUT2D eigenvalue weighted by Gasteiger charge is -2.10. The number of carboxylic acids is 1. The Hall–Kier alpha value is -1.27. The molecule has 82 valence electrons. The van der Waals surface area contributed by atoms with Crippen molar-refractivity contribution in [1.29, 1.82) is 0 Å². The van der Waals surface area contributed by atoms with Gasteiger partial charge in [-0.2, -0.15) is 0 Å². The SMILES string of the molecule is CC(NC(=O)CC(F)C(F)F)C(=O)O. The van der Waals surface area contributed by atoms with Gasteiger partial charge < -0.3 is 10.4 Å². The van der Waals surface area contributed by atoms with Gasteiger partial charge in [0, 0.05) is 0 Å². The molecule has 0 rings (SSSR count). The first kappa shape index (κ1) is 12.7. The zero-order valence-electron chi connectivity index (χ0n) is 7.34. The Morgan fingerprint density at radius 2 is 1.86 bits per heavy atom. The van der Waals surface area contributed by atoms with E-state index in [4.69, 9.17) is 5.11 Å². The maximum atomic E-state index is 12.3. The number of halogens is 3. The van der Waals surface area contributed by atoms with Crippen LogP contribution in [0, 0.1) is 0 Å². The Balaban J connectivity index is 3.93. The lowest BCUT2D eigenvalue weighted by molar-refractivity contribution is -0.141. The number of nitrogens with one attached hydrogen (secondary N) is 1. The van der Waals surface area contributed by atoms with Crippen LogP contribution in [0.1, 0.15) is 13.3 Å². The second-order valence-corrected chi connectivity index (χ2v) is 2.68. The van der Waals surface area contributed by atoms with Crippen LogP contribution in [0.3, 0.4) is 0 Å². The molecule has 0 fully saturated rings. The zero-order chi connectivity index (χ0) is 11.3. The van der Waals surface area contributed by atoms with E-state index in [0.717, 1.165) is 6.92 Å². The van der Waals surface area contributed by atoms with E-state index in [2.05, 4.69) is 0 Å². The number of hydrogen-bond acceptors (Lipinski definition) is 2. The van der Waals surface area contributed by atoms with Crippen molar-refractivity contribution in [2.24, 2.45) is 0 Å². The van der Waals surface area contributed by atoms with Crippen LogP contribution in [-0.2, 0) is 9.59 Å². The molecular formula is C7H10F3NO3. The van der Waals surface area contributed by atoms with Crippen LogP contribution in [0.25, 0.3) is 0 Å². The maximum Gasteiger partial charge on any atom is 0.325 e. The van der Waals surface area contributed by atoms with Gasteiger partial charge in [-0.3, -0.25) is 9.59 Å². The lowest BCUT2D eigenvalue weighted by Crippen LogP contribution is -2.39. The van der Waals surface area contributed by atoms with Gasteiger partial charge in [0.15, 0.2) is 6.17 Å². The third-order valence-corrected chi connectivity index (χ3v) is 1.40. The fourth-order valence-electron chi connectivity index (χ4n) is 0.628. The molecule has 0 bridgehead atoms. The smallest absolute Gasteiger partial charge is 0.325 e. The van der Waals surface area contributed by atoms with Gasteiger partial charge in [-0.1, -0.05) is 0 Å². The molecule has 4 nitrogen and oxygen atoms in total. The minimum Gasteiger partial charge on any atom is -0.480 e. The van der Waals surface area contributed by atoms with Crippen molar-refractivity contribution in [2.45, 2.75) is 32.0 Å². The van der Waals surface area contributed by atoms with Crippen LogP contribution in [0.5, 0.6) is 0 Å². The van der Waals surface area contributed by atoms with Crippen molar-refractivity contribution in [3.8, 4) is 0 Å². The fraction of sp³-hybridized carbons (Fsp3) is 0.714. The number of carbonyl (C=O) groups is 2. The number of carboxylic acid groups (broad SMARTS) is 1. The number of hydrogen-bond donors (Lipinski definition) is 2. The molecule has 7 heteroatoms. The summed E-state index contributed by atoms with van der Waals surface area (Å²) < 4.78 is 35.5. The van der Waals surface area contributed by atoms with Gasteiger partial charge in [-0.05, 0) is 6.92 Å². The summed E-state index contributed by atoms with van der Waals surface area (Å²) in [6.45, 7) is 1.15. The van der Waals surface area contributed by atoms with Crippen molar-refractivity contribution in [2.75, 3.05) is 0 Å². The first-order chi connectivity index (χ1) is 6.34. The molecular weight excluding hydrogens is 203 g/mol. The van der Waals surface area contributed by atoms with Crippen molar-refractivity contribution in [3.05, 3.63) is 0 Å². The Morgan fingerprint density at radius 3 is 2.21 bits per heavy atom. The lowest BCUT2D eigenvalue weighted by atomic mass is 10.2. The molecule has 1 amide bonds. The molecule has 0 aliphatic rings. The molecule has 2 atom stereocenters. The summed E-state index contributed by atoms with van der Waals surface area (Å²) in [7, 11) is 0. The highest BCUT2D eigenvalue weighted by Crippen LogP contribution is 2.09. The van der Waals surface area contributed by atoms with Gasteiger partial charge in [0.05, 0.1) is 6.42 Å². The van der Waals surface area contributed by atoms with Crippen molar-refractivity contribution >= 4 is 11.9 Å². The minimum absolute atomic E-state index is 1.03. The van der Waals surface area contributed by atoms with E-state index >= 15 is 0 Å². The summed E-state index contributed by atoms with van der Waals surface area (Å²) in [4.78, 5) is 20.9. The average Bonchev–Trinajstić information content (AvgIpc) is 2.03. The molecule has 2 N–H and O–H groups in total. The average molecular weight is 213 g/mol. The van der Waals surface area contributed by atoms with Crippen molar-refractivity contribution < 1.29 is 27.9 Å². The van der Waals surface area contributed by atoms with E-state index in [1.165, 1.54) is 0 Å². The predicted octanol–water partition coefficient (Wildman–Crippen LogP) is 0.569. The minimum atomic E-state index is -3.24. The van der Waals surface area contributed by atoms with Crippen LogP contribution in [0.4, 0.5) is 13.2 Å². The summed E-state index contributed by atoms with van der Waals surface area (Å²) in [6, 6.07) is -1.22. The Bertz CT molecular complexity index is 222. The standard InChI is InChI=1S/C7H10F3NO3/c1-3(7(13)14)11-5(12)2-4(8)6(9)10/h3-4,6H,2H2,1H3,(H,11,12)(H,13,14). The van der Waals surface area contributed by atoms with Gasteiger partial charge in [-0.25, -0.2) is 13.2 Å². The van der Waals surface area contributed by atoms with Gasteiger partial charge in [0.1, 0.15) is 6.04 Å². The molecule has 0 aliphatic carbocycles.